The summed E-state index contributed by atoms with van der Waals surface area (Å²) < 4.78 is 0. The highest BCUT2D eigenvalue weighted by molar-refractivity contribution is 5.94. The van der Waals surface area contributed by atoms with Gasteiger partial charge in [-0.25, -0.2) is 0 Å². The SMILES string of the molecule is CC(=O)c1cc(C(C)C)c(CC(=O)O)c(C(C)C)c1. The molecule has 1 N–H and O–H groups in total. The summed E-state index contributed by atoms with van der Waals surface area (Å²) >= 11 is 0. The Morgan fingerprint density at radius 3 is 1.74 bits per heavy atom. The number of benzene rings is 1. The number of hydrogen-bond acceptors (Lipinski definition) is 2. The second-order valence-corrected chi connectivity index (χ2v) is 5.57. The van der Waals surface area contributed by atoms with Crippen LogP contribution >= 0.6 is 0 Å². The van der Waals surface area contributed by atoms with Crippen LogP contribution in [0.1, 0.15) is 73.5 Å². The van der Waals surface area contributed by atoms with Gasteiger partial charge in [-0.3, -0.25) is 9.59 Å². The van der Waals surface area contributed by atoms with Crippen molar-refractivity contribution in [3.05, 3.63) is 34.4 Å². The lowest BCUT2D eigenvalue weighted by Gasteiger charge is -2.20. The first kappa shape index (κ1) is 15.4. The van der Waals surface area contributed by atoms with Gasteiger partial charge in [-0.05, 0) is 47.6 Å². The van der Waals surface area contributed by atoms with Gasteiger partial charge in [0.1, 0.15) is 0 Å². The highest BCUT2D eigenvalue weighted by Gasteiger charge is 2.18. The fourth-order valence-electron chi connectivity index (χ4n) is 2.31. The molecule has 0 saturated heterocycles. The zero-order valence-corrected chi connectivity index (χ0v) is 12.3. The molecule has 0 aliphatic carbocycles. The predicted molar refractivity (Wildman–Crippen MR) is 76.0 cm³/mol. The quantitative estimate of drug-likeness (QED) is 0.822. The van der Waals surface area contributed by atoms with Crippen molar-refractivity contribution in [2.24, 2.45) is 0 Å². The van der Waals surface area contributed by atoms with Crippen LogP contribution in [0.4, 0.5) is 0 Å². The maximum Gasteiger partial charge on any atom is 0.307 e. The third-order valence-electron chi connectivity index (χ3n) is 3.30. The average Bonchev–Trinajstić information content (AvgIpc) is 2.27. The van der Waals surface area contributed by atoms with Gasteiger partial charge in [-0.1, -0.05) is 27.7 Å². The monoisotopic (exact) mass is 262 g/mol. The molecule has 19 heavy (non-hydrogen) atoms. The molecular weight excluding hydrogens is 240 g/mol. The summed E-state index contributed by atoms with van der Waals surface area (Å²) in [7, 11) is 0. The molecule has 1 rings (SSSR count). The number of carbonyl (C=O) groups is 2. The summed E-state index contributed by atoms with van der Waals surface area (Å²) in [5.74, 6) is -0.414. The van der Waals surface area contributed by atoms with E-state index in [2.05, 4.69) is 0 Å². The van der Waals surface area contributed by atoms with Crippen molar-refractivity contribution in [3.8, 4) is 0 Å². The van der Waals surface area contributed by atoms with E-state index in [1.165, 1.54) is 0 Å². The van der Waals surface area contributed by atoms with E-state index in [4.69, 9.17) is 5.11 Å². The van der Waals surface area contributed by atoms with Crippen LogP contribution in [-0.2, 0) is 11.2 Å². The Morgan fingerprint density at radius 1 is 1.05 bits per heavy atom. The summed E-state index contributed by atoms with van der Waals surface area (Å²) in [5, 5.41) is 9.09. The van der Waals surface area contributed by atoms with Gasteiger partial charge in [-0.2, -0.15) is 0 Å². The summed E-state index contributed by atoms with van der Waals surface area (Å²) in [6.45, 7) is 9.63. The molecule has 0 heterocycles. The minimum absolute atomic E-state index is 0.0131. The van der Waals surface area contributed by atoms with Gasteiger partial charge in [0.2, 0.25) is 0 Å². The molecule has 0 radical (unpaired) electrons. The van der Waals surface area contributed by atoms with Crippen LogP contribution in [0.2, 0.25) is 0 Å². The van der Waals surface area contributed by atoms with Crippen LogP contribution < -0.4 is 0 Å². The number of carbonyl (C=O) groups excluding carboxylic acids is 1. The molecule has 1 aromatic rings. The molecule has 0 aromatic heterocycles. The zero-order valence-electron chi connectivity index (χ0n) is 12.3. The summed E-state index contributed by atoms with van der Waals surface area (Å²) in [4.78, 5) is 22.7. The zero-order chi connectivity index (χ0) is 14.7. The van der Waals surface area contributed by atoms with E-state index in [0.717, 1.165) is 16.7 Å². The van der Waals surface area contributed by atoms with Crippen molar-refractivity contribution in [1.82, 2.24) is 0 Å². The molecule has 0 fully saturated rings. The number of carboxylic acid groups (broad SMARTS) is 1. The van der Waals surface area contributed by atoms with Crippen LogP contribution in [0.5, 0.6) is 0 Å². The van der Waals surface area contributed by atoms with Gasteiger partial charge >= 0.3 is 5.97 Å². The van der Waals surface area contributed by atoms with Gasteiger partial charge < -0.3 is 5.11 Å². The number of aliphatic carboxylic acids is 1. The van der Waals surface area contributed by atoms with Crippen molar-refractivity contribution in [3.63, 3.8) is 0 Å². The minimum atomic E-state index is -0.834. The number of carboxylic acids is 1. The first-order valence-electron chi connectivity index (χ1n) is 6.63. The lowest BCUT2D eigenvalue weighted by molar-refractivity contribution is -0.136. The molecule has 0 bridgehead atoms. The number of Topliss-reactive ketones (excluding diaryl/α,β-unsaturated/α-hetero) is 1. The third kappa shape index (κ3) is 3.66. The first-order chi connectivity index (χ1) is 8.73. The molecule has 0 amide bonds. The Kier molecular flexibility index (Phi) is 4.87. The normalized spacial score (nSPS) is 11.1. The highest BCUT2D eigenvalue weighted by Crippen LogP contribution is 2.30. The van der Waals surface area contributed by atoms with E-state index in [9.17, 15) is 9.59 Å². The van der Waals surface area contributed by atoms with E-state index in [1.807, 2.05) is 39.8 Å². The van der Waals surface area contributed by atoms with Crippen molar-refractivity contribution in [1.29, 1.82) is 0 Å². The molecule has 3 heteroatoms. The molecule has 3 nitrogen and oxygen atoms in total. The van der Waals surface area contributed by atoms with Gasteiger partial charge in [0.25, 0.3) is 0 Å². The molecule has 0 aliphatic heterocycles. The number of ketones is 1. The Labute approximate surface area is 114 Å². The van der Waals surface area contributed by atoms with Crippen LogP contribution in [0.25, 0.3) is 0 Å². The Hall–Kier alpha value is -1.64. The predicted octanol–water partition coefficient (Wildman–Crippen LogP) is 3.76. The maximum absolute atomic E-state index is 11.6. The van der Waals surface area contributed by atoms with E-state index >= 15 is 0 Å². The average molecular weight is 262 g/mol. The Morgan fingerprint density at radius 2 is 1.47 bits per heavy atom. The van der Waals surface area contributed by atoms with Crippen LogP contribution in [-0.4, -0.2) is 16.9 Å². The lowest BCUT2D eigenvalue weighted by atomic mass is 9.85. The van der Waals surface area contributed by atoms with E-state index in [1.54, 1.807) is 6.92 Å². The fraction of sp³-hybridized carbons (Fsp3) is 0.500. The molecule has 104 valence electrons. The minimum Gasteiger partial charge on any atom is -0.481 e. The summed E-state index contributed by atoms with van der Waals surface area (Å²) in [5.41, 5.74) is 3.47. The lowest BCUT2D eigenvalue weighted by Crippen LogP contribution is -2.11. The van der Waals surface area contributed by atoms with E-state index in [0.29, 0.717) is 5.56 Å². The second-order valence-electron chi connectivity index (χ2n) is 5.57. The van der Waals surface area contributed by atoms with Gasteiger partial charge in [0.05, 0.1) is 6.42 Å². The number of hydrogen-bond donors (Lipinski definition) is 1. The molecule has 0 unspecified atom stereocenters. The highest BCUT2D eigenvalue weighted by atomic mass is 16.4. The van der Waals surface area contributed by atoms with Gasteiger partial charge in [0, 0.05) is 5.56 Å². The molecule has 0 spiro atoms. The van der Waals surface area contributed by atoms with Crippen LogP contribution in [0.15, 0.2) is 12.1 Å². The van der Waals surface area contributed by atoms with Gasteiger partial charge in [-0.15, -0.1) is 0 Å². The summed E-state index contributed by atoms with van der Waals surface area (Å²) in [6, 6.07) is 3.69. The van der Waals surface area contributed by atoms with Crippen molar-refractivity contribution < 1.29 is 14.7 Å². The van der Waals surface area contributed by atoms with Crippen LogP contribution in [0.3, 0.4) is 0 Å². The van der Waals surface area contributed by atoms with E-state index in [-0.39, 0.29) is 24.0 Å². The molecule has 0 atom stereocenters. The van der Waals surface area contributed by atoms with Crippen molar-refractivity contribution >= 4 is 11.8 Å². The van der Waals surface area contributed by atoms with Gasteiger partial charge in [0.15, 0.2) is 5.78 Å². The standard InChI is InChI=1S/C16H22O3/c1-9(2)13-6-12(11(5)17)7-14(10(3)4)15(13)8-16(18)19/h6-7,9-10H,8H2,1-5H3,(H,18,19). The van der Waals surface area contributed by atoms with E-state index < -0.39 is 5.97 Å². The maximum atomic E-state index is 11.6. The summed E-state index contributed by atoms with van der Waals surface area (Å²) in [6.07, 6.45) is 0.0131. The number of rotatable bonds is 5. The van der Waals surface area contributed by atoms with Crippen LogP contribution in [0, 0.1) is 0 Å². The third-order valence-corrected chi connectivity index (χ3v) is 3.30. The molecular formula is C16H22O3. The van der Waals surface area contributed by atoms with Crippen molar-refractivity contribution in [2.45, 2.75) is 52.9 Å². The second kappa shape index (κ2) is 6.00. The fourth-order valence-corrected chi connectivity index (χ4v) is 2.31. The Bertz CT molecular complexity index is 470. The molecule has 1 aromatic carbocycles. The molecule has 0 aliphatic rings. The first-order valence-corrected chi connectivity index (χ1v) is 6.63. The molecule has 0 saturated carbocycles. The topological polar surface area (TPSA) is 54.4 Å². The largest absolute Gasteiger partial charge is 0.481 e. The smallest absolute Gasteiger partial charge is 0.307 e. The Balaban J connectivity index is 3.55. The van der Waals surface area contributed by atoms with Crippen molar-refractivity contribution in [2.75, 3.05) is 0 Å².